The molecule has 2 fully saturated rings. The molecule has 0 spiro atoms. The maximum absolute atomic E-state index is 10.1. The normalized spacial score (nSPS) is 34.9. The van der Waals surface area contributed by atoms with E-state index in [2.05, 4.69) is 31.0 Å². The van der Waals surface area contributed by atoms with E-state index in [1.807, 2.05) is 0 Å². The van der Waals surface area contributed by atoms with Crippen LogP contribution >= 0.6 is 0 Å². The molecule has 1 aliphatic heterocycles. The van der Waals surface area contributed by atoms with E-state index < -0.39 is 0 Å². The van der Waals surface area contributed by atoms with Crippen LogP contribution in [0.2, 0.25) is 0 Å². The van der Waals surface area contributed by atoms with Crippen LogP contribution in [-0.4, -0.2) is 47.3 Å². The van der Waals surface area contributed by atoms with E-state index in [-0.39, 0.29) is 6.10 Å². The van der Waals surface area contributed by atoms with Crippen LogP contribution in [0.4, 0.5) is 0 Å². The molecule has 0 bridgehead atoms. The van der Waals surface area contributed by atoms with Gasteiger partial charge in [-0.05, 0) is 64.5 Å². The minimum Gasteiger partial charge on any atom is -0.392 e. The molecule has 4 atom stereocenters. The summed E-state index contributed by atoms with van der Waals surface area (Å²) in [5, 5.41) is 13.6. The molecule has 3 heteroatoms. The maximum Gasteiger partial charge on any atom is 0.0693 e. The smallest absolute Gasteiger partial charge is 0.0693 e. The van der Waals surface area contributed by atoms with Gasteiger partial charge in [0.25, 0.3) is 0 Å². The number of hydrogen-bond acceptors (Lipinski definition) is 3. The zero-order valence-electron chi connectivity index (χ0n) is 12.9. The van der Waals surface area contributed by atoms with Gasteiger partial charge in [0.15, 0.2) is 0 Å². The minimum atomic E-state index is -0.138. The van der Waals surface area contributed by atoms with Gasteiger partial charge >= 0.3 is 0 Å². The number of likely N-dealkylation sites (tertiary alicyclic amines) is 1. The summed E-state index contributed by atoms with van der Waals surface area (Å²) in [5.41, 5.74) is 0. The van der Waals surface area contributed by atoms with E-state index in [0.29, 0.717) is 12.1 Å². The summed E-state index contributed by atoms with van der Waals surface area (Å²) < 4.78 is 0. The van der Waals surface area contributed by atoms with Crippen molar-refractivity contribution >= 4 is 0 Å². The van der Waals surface area contributed by atoms with Crippen molar-refractivity contribution < 1.29 is 5.11 Å². The van der Waals surface area contributed by atoms with Gasteiger partial charge in [0.1, 0.15) is 0 Å². The van der Waals surface area contributed by atoms with Crippen LogP contribution in [-0.2, 0) is 0 Å². The predicted octanol–water partition coefficient (Wildman–Crippen LogP) is 2.39. The van der Waals surface area contributed by atoms with E-state index in [0.717, 1.165) is 24.8 Å². The van der Waals surface area contributed by atoms with E-state index in [1.165, 1.54) is 38.8 Å². The highest BCUT2D eigenvalue weighted by Crippen LogP contribution is 2.30. The number of aliphatic hydroxyl groups excluding tert-OH is 1. The molecule has 2 N–H and O–H groups in total. The monoisotopic (exact) mass is 268 g/mol. The van der Waals surface area contributed by atoms with Gasteiger partial charge in [-0.3, -0.25) is 0 Å². The lowest BCUT2D eigenvalue weighted by Crippen LogP contribution is -2.47. The van der Waals surface area contributed by atoms with Crippen LogP contribution in [0.15, 0.2) is 0 Å². The Hall–Kier alpha value is -0.120. The molecule has 0 aromatic rings. The lowest BCUT2D eigenvalue weighted by atomic mass is 9.80. The summed E-state index contributed by atoms with van der Waals surface area (Å²) in [6.45, 7) is 9.32. The lowest BCUT2D eigenvalue weighted by Gasteiger charge is -2.37. The molecule has 1 aliphatic carbocycles. The molecule has 2 aliphatic rings. The Bertz CT molecular complexity index is 261. The van der Waals surface area contributed by atoms with Crippen molar-refractivity contribution in [3.63, 3.8) is 0 Å². The molecule has 2 rings (SSSR count). The highest BCUT2D eigenvalue weighted by atomic mass is 16.3. The van der Waals surface area contributed by atoms with Gasteiger partial charge < -0.3 is 15.3 Å². The molecule has 1 saturated carbocycles. The van der Waals surface area contributed by atoms with Gasteiger partial charge in [-0.25, -0.2) is 0 Å². The molecule has 0 amide bonds. The van der Waals surface area contributed by atoms with Crippen LogP contribution in [0, 0.1) is 5.92 Å². The van der Waals surface area contributed by atoms with Crippen LogP contribution in [0.25, 0.3) is 0 Å². The first-order valence-electron chi connectivity index (χ1n) is 8.24. The second-order valence-electron chi connectivity index (χ2n) is 7.00. The summed E-state index contributed by atoms with van der Waals surface area (Å²) in [6.07, 6.45) is 7.26. The largest absolute Gasteiger partial charge is 0.392 e. The molecular weight excluding hydrogens is 236 g/mol. The molecule has 1 heterocycles. The average Bonchev–Trinajstić information content (AvgIpc) is 2.86. The number of hydrogen-bond donors (Lipinski definition) is 2. The van der Waals surface area contributed by atoms with Crippen LogP contribution < -0.4 is 5.32 Å². The summed E-state index contributed by atoms with van der Waals surface area (Å²) in [6, 6.07) is 1.50. The van der Waals surface area contributed by atoms with Gasteiger partial charge in [-0.2, -0.15) is 0 Å². The van der Waals surface area contributed by atoms with Crippen molar-refractivity contribution in [1.82, 2.24) is 10.2 Å². The standard InChI is InChI=1S/C16H32N2O/c1-12(2)17-15-11-14(6-7-16(15)19)10-13(3)18-8-4-5-9-18/h12-17,19H,4-11H2,1-3H3/t13?,14?,15-,16+/m0/s1. The summed E-state index contributed by atoms with van der Waals surface area (Å²) in [4.78, 5) is 2.65. The lowest BCUT2D eigenvalue weighted by molar-refractivity contribution is 0.0574. The third-order valence-corrected chi connectivity index (χ3v) is 4.91. The number of aliphatic hydroxyl groups is 1. The first kappa shape index (κ1) is 15.3. The molecular formula is C16H32N2O. The molecule has 1 saturated heterocycles. The zero-order chi connectivity index (χ0) is 13.8. The Morgan fingerprint density at radius 3 is 2.47 bits per heavy atom. The van der Waals surface area contributed by atoms with Gasteiger partial charge in [0, 0.05) is 18.1 Å². The Balaban J connectivity index is 1.80. The SMILES string of the molecule is CC(C)N[C@H]1CC(CC(C)N2CCCC2)CC[C@H]1O. The number of rotatable bonds is 5. The van der Waals surface area contributed by atoms with Gasteiger partial charge in [0.2, 0.25) is 0 Å². The molecule has 0 aromatic carbocycles. The quantitative estimate of drug-likeness (QED) is 0.803. The Morgan fingerprint density at radius 1 is 1.16 bits per heavy atom. The Kier molecular flexibility index (Phi) is 5.67. The van der Waals surface area contributed by atoms with Gasteiger partial charge in [-0.1, -0.05) is 13.8 Å². The Morgan fingerprint density at radius 2 is 1.84 bits per heavy atom. The third kappa shape index (κ3) is 4.44. The highest BCUT2D eigenvalue weighted by Gasteiger charge is 2.31. The fraction of sp³-hybridized carbons (Fsp3) is 1.00. The molecule has 0 aromatic heterocycles. The van der Waals surface area contributed by atoms with E-state index in [1.54, 1.807) is 0 Å². The van der Waals surface area contributed by atoms with E-state index in [9.17, 15) is 5.11 Å². The van der Waals surface area contributed by atoms with Crippen molar-refractivity contribution in [1.29, 1.82) is 0 Å². The van der Waals surface area contributed by atoms with Crippen molar-refractivity contribution in [3.8, 4) is 0 Å². The van der Waals surface area contributed by atoms with Gasteiger partial charge in [-0.15, -0.1) is 0 Å². The Labute approximate surface area is 118 Å². The van der Waals surface area contributed by atoms with E-state index in [4.69, 9.17) is 0 Å². The van der Waals surface area contributed by atoms with Crippen molar-refractivity contribution in [3.05, 3.63) is 0 Å². The van der Waals surface area contributed by atoms with Crippen LogP contribution in [0.5, 0.6) is 0 Å². The first-order chi connectivity index (χ1) is 9.06. The molecule has 3 nitrogen and oxygen atoms in total. The summed E-state index contributed by atoms with van der Waals surface area (Å²) in [5.74, 6) is 0.787. The third-order valence-electron chi connectivity index (χ3n) is 4.91. The fourth-order valence-electron chi connectivity index (χ4n) is 3.88. The second kappa shape index (κ2) is 7.05. The predicted molar refractivity (Wildman–Crippen MR) is 80.3 cm³/mol. The summed E-state index contributed by atoms with van der Waals surface area (Å²) in [7, 11) is 0. The van der Waals surface area contributed by atoms with Crippen LogP contribution in [0.1, 0.15) is 59.3 Å². The second-order valence-corrected chi connectivity index (χ2v) is 7.00. The molecule has 2 unspecified atom stereocenters. The maximum atomic E-state index is 10.1. The summed E-state index contributed by atoms with van der Waals surface area (Å²) >= 11 is 0. The van der Waals surface area contributed by atoms with E-state index >= 15 is 0 Å². The minimum absolute atomic E-state index is 0.138. The molecule has 19 heavy (non-hydrogen) atoms. The average molecular weight is 268 g/mol. The fourth-order valence-corrected chi connectivity index (χ4v) is 3.88. The zero-order valence-corrected chi connectivity index (χ0v) is 12.9. The molecule has 112 valence electrons. The number of nitrogens with one attached hydrogen (secondary N) is 1. The molecule has 0 radical (unpaired) electrons. The van der Waals surface area contributed by atoms with Crippen LogP contribution in [0.3, 0.4) is 0 Å². The topological polar surface area (TPSA) is 35.5 Å². The van der Waals surface area contributed by atoms with Crippen molar-refractivity contribution in [2.24, 2.45) is 5.92 Å². The van der Waals surface area contributed by atoms with Crippen molar-refractivity contribution in [2.45, 2.75) is 83.5 Å². The van der Waals surface area contributed by atoms with Gasteiger partial charge in [0.05, 0.1) is 6.10 Å². The number of nitrogens with zero attached hydrogens (tertiary/aromatic N) is 1. The van der Waals surface area contributed by atoms with Crippen molar-refractivity contribution in [2.75, 3.05) is 13.1 Å². The first-order valence-corrected chi connectivity index (χ1v) is 8.24. The highest BCUT2D eigenvalue weighted by molar-refractivity contribution is 4.87.